The van der Waals surface area contributed by atoms with E-state index in [1.165, 1.54) is 0 Å². The molecule has 0 radical (unpaired) electrons. The minimum Gasteiger partial charge on any atom is -0.409 e. The molecule has 2 atom stereocenters. The summed E-state index contributed by atoms with van der Waals surface area (Å²) in [6.45, 7) is 6.96. The molecule has 0 aliphatic heterocycles. The number of nitrogens with zero attached hydrogens (tertiary/aromatic N) is 1. The minimum absolute atomic E-state index is 0.164. The van der Waals surface area contributed by atoms with Crippen LogP contribution in [0, 0.1) is 5.92 Å². The monoisotopic (exact) mass is 293 g/mol. The van der Waals surface area contributed by atoms with Crippen LogP contribution < -0.4 is 11.1 Å². The van der Waals surface area contributed by atoms with Gasteiger partial charge >= 0.3 is 0 Å². The lowest BCUT2D eigenvalue weighted by atomic mass is 9.93. The molecule has 5 nitrogen and oxygen atoms in total. The molecule has 118 valence electrons. The van der Waals surface area contributed by atoms with Crippen LogP contribution in [0.25, 0.3) is 0 Å². The first-order valence-corrected chi connectivity index (χ1v) is 7.31. The van der Waals surface area contributed by atoms with Crippen LogP contribution in [-0.4, -0.2) is 34.8 Å². The second-order valence-corrected chi connectivity index (χ2v) is 6.21. The Morgan fingerprint density at radius 3 is 2.48 bits per heavy atom. The first-order chi connectivity index (χ1) is 9.85. The quantitative estimate of drug-likeness (QED) is 0.255. The number of aliphatic hydroxyl groups is 1. The summed E-state index contributed by atoms with van der Waals surface area (Å²) in [5, 5.41) is 25.6. The molecule has 0 aliphatic rings. The summed E-state index contributed by atoms with van der Waals surface area (Å²) in [5.41, 5.74) is 5.99. The van der Waals surface area contributed by atoms with Gasteiger partial charge in [0.05, 0.1) is 11.5 Å². The first-order valence-electron chi connectivity index (χ1n) is 7.31. The fourth-order valence-electron chi connectivity index (χ4n) is 2.59. The van der Waals surface area contributed by atoms with Crippen molar-refractivity contribution in [3.8, 4) is 0 Å². The molecule has 0 saturated carbocycles. The van der Waals surface area contributed by atoms with Gasteiger partial charge in [-0.3, -0.25) is 0 Å². The van der Waals surface area contributed by atoms with Gasteiger partial charge in [0, 0.05) is 13.1 Å². The molecule has 5 heteroatoms. The summed E-state index contributed by atoms with van der Waals surface area (Å²) in [6, 6.07) is 9.64. The van der Waals surface area contributed by atoms with Crippen molar-refractivity contribution in [2.24, 2.45) is 16.8 Å². The lowest BCUT2D eigenvalue weighted by molar-refractivity contribution is 0.0387. The van der Waals surface area contributed by atoms with Gasteiger partial charge in [-0.25, -0.2) is 0 Å². The summed E-state index contributed by atoms with van der Waals surface area (Å²) in [5.74, 6) is 0.374. The van der Waals surface area contributed by atoms with Gasteiger partial charge in [-0.1, -0.05) is 49.3 Å². The van der Waals surface area contributed by atoms with Crippen LogP contribution in [0.4, 0.5) is 0 Å². The number of oxime groups is 1. The van der Waals surface area contributed by atoms with E-state index in [9.17, 15) is 5.11 Å². The van der Waals surface area contributed by atoms with Gasteiger partial charge in [0.25, 0.3) is 0 Å². The Hall–Kier alpha value is -1.59. The van der Waals surface area contributed by atoms with E-state index in [2.05, 4.69) is 24.3 Å². The zero-order valence-corrected chi connectivity index (χ0v) is 13.1. The Morgan fingerprint density at radius 2 is 1.95 bits per heavy atom. The highest BCUT2D eigenvalue weighted by atomic mass is 16.4. The van der Waals surface area contributed by atoms with Crippen LogP contribution >= 0.6 is 0 Å². The van der Waals surface area contributed by atoms with E-state index < -0.39 is 5.60 Å². The summed E-state index contributed by atoms with van der Waals surface area (Å²) < 4.78 is 0. The highest BCUT2D eigenvalue weighted by Gasteiger charge is 2.23. The second-order valence-electron chi connectivity index (χ2n) is 6.21. The molecule has 0 fully saturated rings. The van der Waals surface area contributed by atoms with Gasteiger partial charge in [-0.15, -0.1) is 0 Å². The maximum atomic E-state index is 10.3. The number of benzene rings is 1. The highest BCUT2D eigenvalue weighted by Crippen LogP contribution is 2.17. The Morgan fingerprint density at radius 1 is 1.33 bits per heavy atom. The maximum Gasteiger partial charge on any atom is 0.147 e. The van der Waals surface area contributed by atoms with Crippen LogP contribution in [-0.2, 0) is 0 Å². The molecule has 0 heterocycles. The molecule has 21 heavy (non-hydrogen) atoms. The third-order valence-corrected chi connectivity index (χ3v) is 3.38. The molecule has 0 aromatic heterocycles. The second kappa shape index (κ2) is 8.00. The van der Waals surface area contributed by atoms with Crippen molar-refractivity contribution in [1.82, 2.24) is 5.32 Å². The number of hydrogen-bond donors (Lipinski definition) is 4. The van der Waals surface area contributed by atoms with Crippen LogP contribution in [0.5, 0.6) is 0 Å². The summed E-state index contributed by atoms with van der Waals surface area (Å²) in [7, 11) is 0. The molecule has 0 aliphatic carbocycles. The Labute approximate surface area is 126 Å². The van der Waals surface area contributed by atoms with Crippen molar-refractivity contribution < 1.29 is 10.3 Å². The Balaban J connectivity index is 2.64. The first kappa shape index (κ1) is 17.5. The molecule has 0 bridgehead atoms. The van der Waals surface area contributed by atoms with Crippen LogP contribution in [0.1, 0.15) is 38.7 Å². The van der Waals surface area contributed by atoms with Gasteiger partial charge in [0.1, 0.15) is 5.84 Å². The van der Waals surface area contributed by atoms with Crippen molar-refractivity contribution in [2.75, 3.05) is 13.1 Å². The average molecular weight is 293 g/mol. The van der Waals surface area contributed by atoms with Crippen molar-refractivity contribution >= 4 is 5.84 Å². The molecule has 1 aromatic carbocycles. The molecule has 0 amide bonds. The van der Waals surface area contributed by atoms with Crippen LogP contribution in [0.2, 0.25) is 0 Å². The van der Waals surface area contributed by atoms with Gasteiger partial charge in [0.15, 0.2) is 0 Å². The summed E-state index contributed by atoms with van der Waals surface area (Å²) in [6.07, 6.45) is 0.722. The highest BCUT2D eigenvalue weighted by molar-refractivity contribution is 5.87. The van der Waals surface area contributed by atoms with Gasteiger partial charge < -0.3 is 21.4 Å². The lowest BCUT2D eigenvalue weighted by Gasteiger charge is -2.27. The SMILES string of the molecule is CC(C)CC(C)(O)CNCC(C(N)=NO)c1ccccc1. The van der Waals surface area contributed by atoms with E-state index in [0.717, 1.165) is 12.0 Å². The fourth-order valence-corrected chi connectivity index (χ4v) is 2.59. The number of amidine groups is 1. The van der Waals surface area contributed by atoms with Gasteiger partial charge in [0.2, 0.25) is 0 Å². The topological polar surface area (TPSA) is 90.9 Å². The van der Waals surface area contributed by atoms with Crippen molar-refractivity contribution in [3.63, 3.8) is 0 Å². The molecule has 0 spiro atoms. The zero-order chi connectivity index (χ0) is 15.9. The number of nitrogens with two attached hydrogens (primary N) is 1. The lowest BCUT2D eigenvalue weighted by Crippen LogP contribution is -2.42. The van der Waals surface area contributed by atoms with E-state index in [-0.39, 0.29) is 11.8 Å². The van der Waals surface area contributed by atoms with E-state index in [4.69, 9.17) is 10.9 Å². The third-order valence-electron chi connectivity index (χ3n) is 3.38. The molecule has 5 N–H and O–H groups in total. The van der Waals surface area contributed by atoms with Gasteiger partial charge in [-0.2, -0.15) is 0 Å². The van der Waals surface area contributed by atoms with Crippen LogP contribution in [0.3, 0.4) is 0 Å². The van der Waals surface area contributed by atoms with Crippen molar-refractivity contribution in [2.45, 2.75) is 38.7 Å². The summed E-state index contributed by atoms with van der Waals surface area (Å²) in [4.78, 5) is 0. The molecule has 1 aromatic rings. The Bertz CT molecular complexity index is 444. The largest absolute Gasteiger partial charge is 0.409 e. The Kier molecular flexibility index (Phi) is 6.65. The summed E-state index contributed by atoms with van der Waals surface area (Å²) >= 11 is 0. The predicted molar refractivity (Wildman–Crippen MR) is 85.5 cm³/mol. The molecule has 1 rings (SSSR count). The average Bonchev–Trinajstić information content (AvgIpc) is 2.42. The fraction of sp³-hybridized carbons (Fsp3) is 0.562. The van der Waals surface area contributed by atoms with E-state index in [0.29, 0.717) is 19.0 Å². The third kappa shape index (κ3) is 6.14. The van der Waals surface area contributed by atoms with E-state index in [1.807, 2.05) is 37.3 Å². The standard InChI is InChI=1S/C16H27N3O2/c1-12(2)9-16(3,20)11-18-10-14(15(17)19-21)13-7-5-4-6-8-13/h4-8,12,14,18,20-21H,9-11H2,1-3H3,(H2,17,19). The molecule has 2 unspecified atom stereocenters. The zero-order valence-electron chi connectivity index (χ0n) is 13.1. The van der Waals surface area contributed by atoms with Crippen LogP contribution in [0.15, 0.2) is 35.5 Å². The van der Waals surface area contributed by atoms with Crippen molar-refractivity contribution in [3.05, 3.63) is 35.9 Å². The number of hydrogen-bond acceptors (Lipinski definition) is 4. The number of nitrogens with one attached hydrogen (secondary N) is 1. The normalized spacial score (nSPS) is 16.7. The minimum atomic E-state index is -0.763. The van der Waals surface area contributed by atoms with Gasteiger partial charge in [-0.05, 0) is 24.8 Å². The molecule has 0 saturated heterocycles. The number of rotatable bonds is 8. The molecular weight excluding hydrogens is 266 g/mol. The molecular formula is C16H27N3O2. The van der Waals surface area contributed by atoms with E-state index in [1.54, 1.807) is 0 Å². The predicted octanol–water partition coefficient (Wildman–Crippen LogP) is 1.90. The van der Waals surface area contributed by atoms with E-state index >= 15 is 0 Å². The smallest absolute Gasteiger partial charge is 0.147 e. The van der Waals surface area contributed by atoms with Crippen molar-refractivity contribution in [1.29, 1.82) is 0 Å². The maximum absolute atomic E-state index is 10.3.